The molecule has 7 heteroatoms. The summed E-state index contributed by atoms with van der Waals surface area (Å²) in [6.45, 7) is 5.98. The highest BCUT2D eigenvalue weighted by Gasteiger charge is 2.79. The Labute approximate surface area is 223 Å². The van der Waals surface area contributed by atoms with Crippen LogP contribution in [0.1, 0.15) is 52.0 Å². The predicted octanol–water partition coefficient (Wildman–Crippen LogP) is 3.20. The summed E-state index contributed by atoms with van der Waals surface area (Å²) in [6, 6.07) is 9.44. The molecule has 1 aliphatic heterocycles. The molecule has 0 bridgehead atoms. The zero-order chi connectivity index (χ0) is 27.1. The summed E-state index contributed by atoms with van der Waals surface area (Å²) in [4.78, 5) is 45.6. The van der Waals surface area contributed by atoms with Gasteiger partial charge >= 0.3 is 0 Å². The predicted molar refractivity (Wildman–Crippen MR) is 139 cm³/mol. The minimum atomic E-state index is -1.38. The lowest BCUT2D eigenvalue weighted by molar-refractivity contribution is -0.261. The minimum Gasteiger partial charge on any atom is -0.393 e. The molecule has 1 heterocycles. The van der Waals surface area contributed by atoms with Crippen LogP contribution in [0.5, 0.6) is 0 Å². The number of rotatable bonds is 4. The van der Waals surface area contributed by atoms with Crippen LogP contribution in [0.3, 0.4) is 0 Å². The Morgan fingerprint density at radius 2 is 1.87 bits per heavy atom. The van der Waals surface area contributed by atoms with Gasteiger partial charge in [-0.25, -0.2) is 5.06 Å². The molecule has 4 aliphatic carbocycles. The number of ketones is 2. The maximum atomic E-state index is 13.7. The van der Waals surface area contributed by atoms with E-state index < -0.39 is 34.9 Å². The van der Waals surface area contributed by atoms with Crippen LogP contribution in [0.15, 0.2) is 54.1 Å². The van der Waals surface area contributed by atoms with E-state index in [9.17, 15) is 24.6 Å². The average Bonchev–Trinajstić information content (AvgIpc) is 3.35. The second kappa shape index (κ2) is 8.44. The number of allylic oxidation sites excluding steroid dienone is 4. The number of amides is 1. The summed E-state index contributed by atoms with van der Waals surface area (Å²) in [5, 5.41) is 23.3. The molecule has 38 heavy (non-hydrogen) atoms. The van der Waals surface area contributed by atoms with E-state index in [-0.39, 0.29) is 47.8 Å². The first-order valence-electron chi connectivity index (χ1n) is 13.8. The molecule has 0 aromatic heterocycles. The van der Waals surface area contributed by atoms with Gasteiger partial charge in [0.05, 0.1) is 19.1 Å². The van der Waals surface area contributed by atoms with Gasteiger partial charge in [-0.05, 0) is 54.7 Å². The van der Waals surface area contributed by atoms with Crippen LogP contribution in [0, 0.1) is 34.0 Å². The van der Waals surface area contributed by atoms with Crippen LogP contribution in [-0.4, -0.2) is 57.6 Å². The van der Waals surface area contributed by atoms with Gasteiger partial charge in [0.2, 0.25) is 0 Å². The van der Waals surface area contributed by atoms with Crippen molar-refractivity contribution in [2.24, 2.45) is 34.0 Å². The number of aliphatic hydroxyl groups is 2. The number of Topliss-reactive ketones (excluding diaryl/α,β-unsaturated/α-hetero) is 1. The van der Waals surface area contributed by atoms with Crippen molar-refractivity contribution in [2.75, 3.05) is 13.2 Å². The smallest absolute Gasteiger partial charge is 0.250 e. The van der Waals surface area contributed by atoms with E-state index >= 15 is 0 Å². The topological polar surface area (TPSA) is 104 Å². The molecule has 8 atom stereocenters. The monoisotopic (exact) mass is 519 g/mol. The van der Waals surface area contributed by atoms with E-state index in [1.165, 1.54) is 5.06 Å². The first-order chi connectivity index (χ1) is 18.0. The maximum Gasteiger partial charge on any atom is 0.250 e. The van der Waals surface area contributed by atoms with Crippen LogP contribution < -0.4 is 0 Å². The Balaban J connectivity index is 1.37. The molecule has 202 valence electrons. The molecule has 8 unspecified atom stereocenters. The number of hydrogen-bond donors (Lipinski definition) is 2. The highest BCUT2D eigenvalue weighted by atomic mass is 16.7. The number of aliphatic hydroxyl groups excluding tert-OH is 2. The molecule has 1 saturated heterocycles. The molecule has 2 N–H and O–H groups in total. The van der Waals surface area contributed by atoms with E-state index in [0.717, 1.165) is 24.0 Å². The van der Waals surface area contributed by atoms with Crippen molar-refractivity contribution >= 4 is 17.5 Å². The summed E-state index contributed by atoms with van der Waals surface area (Å²) in [7, 11) is 0. The third kappa shape index (κ3) is 3.15. The number of fused-ring (bicyclic) bond motifs is 7. The maximum absolute atomic E-state index is 13.7. The van der Waals surface area contributed by atoms with Crippen LogP contribution in [0.2, 0.25) is 0 Å². The third-order valence-electron chi connectivity index (χ3n) is 11.3. The lowest BCUT2D eigenvalue weighted by Crippen LogP contribution is -2.66. The standard InChI is InChI=1S/C31H37NO6/c1-28-12-11-22(34)14-20(28)9-10-23-27(28)24(35)16-30(3)29(23,2)15-21-17-32(38-31(21,30)25(36)18-33)26(37)13-19-7-5-4-6-8-19/h4-8,11-12,14,21,23-24,27,33,35H,9-10,13,15-18H2,1-3H3. The zero-order valence-electron chi connectivity index (χ0n) is 22.4. The Kier molecular flexibility index (Phi) is 5.70. The Morgan fingerprint density at radius 1 is 1.13 bits per heavy atom. The van der Waals surface area contributed by atoms with Gasteiger partial charge in [0.25, 0.3) is 5.91 Å². The normalized spacial score (nSPS) is 43.1. The Morgan fingerprint density at radius 3 is 2.58 bits per heavy atom. The van der Waals surface area contributed by atoms with Gasteiger partial charge in [-0.3, -0.25) is 19.2 Å². The van der Waals surface area contributed by atoms with Gasteiger partial charge in [-0.1, -0.05) is 62.8 Å². The highest BCUT2D eigenvalue weighted by molar-refractivity contribution is 6.01. The molecule has 4 fully saturated rings. The molecule has 7 nitrogen and oxygen atoms in total. The molecular weight excluding hydrogens is 482 g/mol. The van der Waals surface area contributed by atoms with E-state index in [1.54, 1.807) is 12.2 Å². The van der Waals surface area contributed by atoms with E-state index in [4.69, 9.17) is 4.84 Å². The van der Waals surface area contributed by atoms with Crippen LogP contribution in [0.4, 0.5) is 0 Å². The first-order valence-corrected chi connectivity index (χ1v) is 13.8. The highest BCUT2D eigenvalue weighted by Crippen LogP contribution is 2.75. The van der Waals surface area contributed by atoms with E-state index in [2.05, 4.69) is 13.8 Å². The molecule has 0 spiro atoms. The van der Waals surface area contributed by atoms with Crippen molar-refractivity contribution in [1.29, 1.82) is 0 Å². The fourth-order valence-corrected chi connectivity index (χ4v) is 9.44. The summed E-state index contributed by atoms with van der Waals surface area (Å²) in [5.74, 6) is -0.930. The van der Waals surface area contributed by atoms with Crippen molar-refractivity contribution < 1.29 is 29.4 Å². The number of benzene rings is 1. The minimum absolute atomic E-state index is 0.00571. The van der Waals surface area contributed by atoms with E-state index in [0.29, 0.717) is 12.8 Å². The number of hydroxylamine groups is 2. The van der Waals surface area contributed by atoms with E-state index in [1.807, 2.05) is 43.3 Å². The number of carbonyl (C=O) groups is 3. The fraction of sp³-hybridized carbons (Fsp3) is 0.581. The molecule has 1 aromatic carbocycles. The molecule has 6 rings (SSSR count). The first kappa shape index (κ1) is 25.7. The summed E-state index contributed by atoms with van der Waals surface area (Å²) >= 11 is 0. The molecule has 5 aliphatic rings. The van der Waals surface area contributed by atoms with Crippen LogP contribution in [-0.2, 0) is 25.6 Å². The lowest BCUT2D eigenvalue weighted by Gasteiger charge is -2.64. The second-order valence-electron chi connectivity index (χ2n) is 12.8. The van der Waals surface area contributed by atoms with Crippen LogP contribution in [0.25, 0.3) is 0 Å². The van der Waals surface area contributed by atoms with Gasteiger partial charge in [-0.15, -0.1) is 0 Å². The summed E-state index contributed by atoms with van der Waals surface area (Å²) in [6.07, 6.45) is 7.31. The number of nitrogens with zero attached hydrogens (tertiary/aromatic N) is 1. The molecule has 1 aromatic rings. The number of carbonyl (C=O) groups excluding carboxylic acids is 3. The molecule has 3 saturated carbocycles. The van der Waals surface area contributed by atoms with Crippen molar-refractivity contribution in [3.63, 3.8) is 0 Å². The summed E-state index contributed by atoms with van der Waals surface area (Å²) < 4.78 is 0. The number of hydrogen-bond acceptors (Lipinski definition) is 6. The second-order valence-corrected chi connectivity index (χ2v) is 12.8. The summed E-state index contributed by atoms with van der Waals surface area (Å²) in [5.41, 5.74) is -1.03. The largest absolute Gasteiger partial charge is 0.393 e. The van der Waals surface area contributed by atoms with Crippen molar-refractivity contribution in [3.8, 4) is 0 Å². The van der Waals surface area contributed by atoms with Gasteiger partial charge in [0.1, 0.15) is 6.61 Å². The molecular formula is C31H37NO6. The fourth-order valence-electron chi connectivity index (χ4n) is 9.44. The third-order valence-corrected chi connectivity index (χ3v) is 11.3. The van der Waals surface area contributed by atoms with Gasteiger partial charge in [0.15, 0.2) is 17.2 Å². The Bertz CT molecular complexity index is 1260. The molecule has 1 amide bonds. The van der Waals surface area contributed by atoms with Gasteiger partial charge < -0.3 is 10.2 Å². The van der Waals surface area contributed by atoms with Gasteiger partial charge in [0, 0.05) is 22.7 Å². The zero-order valence-corrected chi connectivity index (χ0v) is 22.4. The Hall–Kier alpha value is -2.61. The molecule has 0 radical (unpaired) electrons. The SMILES string of the molecule is CC12C=CC(=O)C=C1CCC1C2C(O)CC2(C)C1(C)CC1CN(C(=O)Cc3ccccc3)OC12C(=O)CO. The quantitative estimate of drug-likeness (QED) is 0.633. The van der Waals surface area contributed by atoms with Crippen molar-refractivity contribution in [3.05, 3.63) is 59.7 Å². The van der Waals surface area contributed by atoms with Crippen molar-refractivity contribution in [1.82, 2.24) is 5.06 Å². The van der Waals surface area contributed by atoms with Crippen molar-refractivity contribution in [2.45, 2.75) is 64.6 Å². The lowest BCUT2D eigenvalue weighted by atomic mass is 9.41. The average molecular weight is 520 g/mol. The van der Waals surface area contributed by atoms with Gasteiger partial charge in [-0.2, -0.15) is 0 Å². The van der Waals surface area contributed by atoms with Crippen LogP contribution >= 0.6 is 0 Å².